The molecule has 0 saturated carbocycles. The minimum absolute atomic E-state index is 0. The molecule has 1 saturated heterocycles. The summed E-state index contributed by atoms with van der Waals surface area (Å²) < 4.78 is 25.7. The zero-order valence-electron chi connectivity index (χ0n) is 60.3. The van der Waals surface area contributed by atoms with E-state index in [1.54, 1.807) is 29.5 Å². The second-order valence-corrected chi connectivity index (χ2v) is 36.8. The molecule has 0 bridgehead atoms. The molecule has 540 valence electrons. The van der Waals surface area contributed by atoms with E-state index in [-0.39, 0.29) is 26.3 Å². The number of rotatable bonds is 17. The number of nitrogens with zero attached hydrogens (tertiary/aromatic N) is 2. The van der Waals surface area contributed by atoms with E-state index in [4.69, 9.17) is 0 Å². The molecule has 0 aliphatic carbocycles. The summed E-state index contributed by atoms with van der Waals surface area (Å²) in [6.45, 7) is 3.17. The first-order chi connectivity index (χ1) is 52.6. The molecule has 14 aromatic carbocycles. The van der Waals surface area contributed by atoms with Crippen molar-refractivity contribution in [1.82, 2.24) is 9.88 Å². The van der Waals surface area contributed by atoms with Gasteiger partial charge >= 0.3 is 0 Å². The summed E-state index contributed by atoms with van der Waals surface area (Å²) in [5.41, 5.74) is 4.15. The van der Waals surface area contributed by atoms with E-state index in [2.05, 4.69) is 398 Å². The Morgan fingerprint density at radius 3 is 0.843 bits per heavy atom. The number of likely N-dealkylation sites (tertiary alicyclic amines) is 1. The molecule has 0 unspecified atom stereocenters. The normalized spacial score (nSPS) is 11.8. The Kier molecular flexibility index (Phi) is 30.6. The van der Waals surface area contributed by atoms with Crippen LogP contribution in [0.5, 0.6) is 0 Å². The van der Waals surface area contributed by atoms with Crippen LogP contribution < -0.4 is 68.4 Å². The van der Waals surface area contributed by atoms with E-state index in [1.807, 2.05) is 23.4 Å². The van der Waals surface area contributed by atoms with E-state index in [0.717, 1.165) is 35.2 Å². The largest absolute Gasteiger partial charge is 0.339 e. The first-order valence-electron chi connectivity index (χ1n) is 35.8. The molecule has 15 aromatic rings. The van der Waals surface area contributed by atoms with Gasteiger partial charge in [-0.2, -0.15) is 0 Å². The quantitative estimate of drug-likeness (QED) is 0.0728. The van der Waals surface area contributed by atoms with E-state index >= 15 is 0 Å². The Bertz CT molecular complexity index is 4330. The number of thiazole rings is 1. The van der Waals surface area contributed by atoms with E-state index in [0.29, 0.717) is 30.3 Å². The zero-order valence-corrected chi connectivity index (χ0v) is 67.0. The van der Waals surface area contributed by atoms with Gasteiger partial charge in [-0.3, -0.25) is 9.52 Å². The molecule has 2 heterocycles. The van der Waals surface area contributed by atoms with Gasteiger partial charge in [0.15, 0.2) is 0 Å². The van der Waals surface area contributed by atoms with Crippen LogP contribution in [0.3, 0.4) is 0 Å². The van der Waals surface area contributed by atoms with Crippen LogP contribution in [0.2, 0.25) is 0 Å². The molecular formula is C95H85N3O3P4PdS2. The average molecular weight is 1610 g/mol. The summed E-state index contributed by atoms with van der Waals surface area (Å²) in [5.74, 6) is 0.365. The van der Waals surface area contributed by atoms with Crippen LogP contribution in [-0.4, -0.2) is 43.6 Å². The maximum absolute atomic E-state index is 13.0. The molecule has 13 heteroatoms. The number of aromatic nitrogens is 1. The average Bonchev–Trinajstić information content (AvgIpc) is 0.969. The van der Waals surface area contributed by atoms with Gasteiger partial charge in [0.25, 0.3) is 5.91 Å². The topological polar surface area (TPSA) is 79.4 Å². The van der Waals surface area contributed by atoms with E-state index < -0.39 is 41.7 Å². The van der Waals surface area contributed by atoms with Gasteiger partial charge in [0.2, 0.25) is 10.0 Å². The number of carbonyl (C=O) groups excluding carboxylic acids is 1. The third-order valence-electron chi connectivity index (χ3n) is 17.8. The van der Waals surface area contributed by atoms with Gasteiger partial charge in [-0.05, 0) is 144 Å². The van der Waals surface area contributed by atoms with Crippen molar-refractivity contribution in [1.29, 1.82) is 0 Å². The van der Waals surface area contributed by atoms with Gasteiger partial charge in [-0.25, -0.2) is 13.4 Å². The van der Waals surface area contributed by atoms with Crippen molar-refractivity contribution in [2.24, 2.45) is 0 Å². The molecule has 0 radical (unpaired) electrons. The van der Waals surface area contributed by atoms with Gasteiger partial charge in [-0.15, -0.1) is 11.3 Å². The van der Waals surface area contributed by atoms with Crippen molar-refractivity contribution in [3.05, 3.63) is 435 Å². The summed E-state index contributed by atoms with van der Waals surface area (Å²) in [5, 5.41) is 19.8. The summed E-state index contributed by atoms with van der Waals surface area (Å²) >= 11 is 1.63. The number of sulfonamides is 1. The maximum atomic E-state index is 13.0. The maximum Gasteiger partial charge on any atom is 0.253 e. The van der Waals surface area contributed by atoms with Crippen LogP contribution in [0.15, 0.2) is 418 Å². The number of piperidine rings is 1. The third-order valence-corrected chi connectivity index (χ3v) is 29.0. The number of hydrogen-bond donors (Lipinski definition) is 1. The van der Waals surface area contributed by atoms with Crippen LogP contribution >= 0.6 is 43.0 Å². The summed E-state index contributed by atoms with van der Waals surface area (Å²) in [7, 11) is -5.18. The van der Waals surface area contributed by atoms with Crippen molar-refractivity contribution in [3.63, 3.8) is 0 Å². The molecule has 1 N–H and O–H groups in total. The number of carbonyl (C=O) groups is 1. The van der Waals surface area contributed by atoms with Crippen LogP contribution in [0.25, 0.3) is 10.6 Å². The second kappa shape index (κ2) is 41.6. The predicted octanol–water partition coefficient (Wildman–Crippen LogP) is 18.3. The van der Waals surface area contributed by atoms with Gasteiger partial charge in [0, 0.05) is 56.2 Å². The van der Waals surface area contributed by atoms with Gasteiger partial charge < -0.3 is 4.90 Å². The summed E-state index contributed by atoms with van der Waals surface area (Å²) in [6, 6.07) is 143. The fourth-order valence-electron chi connectivity index (χ4n) is 12.6. The minimum atomic E-state index is -3.40. The molecule has 16 rings (SSSR count). The van der Waals surface area contributed by atoms with Gasteiger partial charge in [-0.1, -0.05) is 394 Å². The van der Waals surface area contributed by atoms with Crippen LogP contribution in [-0.2, 0) is 30.4 Å². The van der Waals surface area contributed by atoms with E-state index in [9.17, 15) is 13.2 Å². The van der Waals surface area contributed by atoms with Crippen LogP contribution in [0.1, 0.15) is 40.2 Å². The standard InChI is InChI=1S/C23H25N3O3S2.4C18H15P.Pd/c1-16-3-4-20(15-21(16)25-31(2,28)29)23(27)26-12-9-18(10-13-26)17-5-7-19(8-6-17)22-24-11-14-30-22;4*1-4-10-16(11-5-1)19(17-12-6-2-7-13-17)18-14-8-3-9-15-18;/h3-8,11,14-15,18,25H,9-10,12-13H2,1-2H3;4*1-15H;. The van der Waals surface area contributed by atoms with Crippen LogP contribution in [0, 0.1) is 6.92 Å². The first kappa shape index (κ1) is 79.4. The fraction of sp³-hybridized carbons (Fsp3) is 0.0737. The number of nitrogens with one attached hydrogen (secondary N) is 1. The van der Waals surface area contributed by atoms with Crippen molar-refractivity contribution < 1.29 is 33.6 Å². The summed E-state index contributed by atoms with van der Waals surface area (Å²) in [6.07, 6.45) is 4.73. The van der Waals surface area contributed by atoms with Gasteiger partial charge in [0.05, 0.1) is 11.9 Å². The molecule has 108 heavy (non-hydrogen) atoms. The molecule has 1 aromatic heterocycles. The Balaban J connectivity index is 0.000000136. The fourth-order valence-corrected chi connectivity index (χ4v) is 23.1. The number of aryl methyl sites for hydroxylation is 1. The molecule has 1 fully saturated rings. The number of benzene rings is 14. The van der Waals surface area contributed by atoms with Gasteiger partial charge in [0.1, 0.15) is 5.01 Å². The first-order valence-corrected chi connectivity index (χ1v) is 43.9. The molecule has 0 atom stereocenters. The zero-order chi connectivity index (χ0) is 73.7. The molecule has 1 amide bonds. The Morgan fingerprint density at radius 2 is 0.620 bits per heavy atom. The molecule has 6 nitrogen and oxygen atoms in total. The van der Waals surface area contributed by atoms with Crippen LogP contribution in [0.4, 0.5) is 5.69 Å². The van der Waals surface area contributed by atoms with Crippen molar-refractivity contribution in [2.75, 3.05) is 24.1 Å². The smallest absolute Gasteiger partial charge is 0.253 e. The van der Waals surface area contributed by atoms with E-state index in [1.165, 1.54) is 69.2 Å². The second-order valence-electron chi connectivity index (χ2n) is 25.3. The molecule has 1 aliphatic heterocycles. The number of amides is 1. The third kappa shape index (κ3) is 22.9. The molecular weight excluding hydrogens is 1530 g/mol. The van der Waals surface area contributed by atoms with Crippen molar-refractivity contribution in [2.45, 2.75) is 25.7 Å². The SMILES string of the molecule is Cc1ccc(C(=O)N2CCC(c3ccc(-c4nccs4)cc3)CC2)cc1NS(C)(=O)=O.[Pd].c1ccc(P(c2ccccc2)c2ccccc2)cc1.c1ccc(P(c2ccccc2)c2ccccc2)cc1.c1ccc(P(c2ccccc2)c2ccccc2)cc1.c1ccc(P(c2ccccc2)c2ccccc2)cc1. The number of anilines is 1. The Labute approximate surface area is 661 Å². The van der Waals surface area contributed by atoms with Crippen molar-refractivity contribution >= 4 is 128 Å². The summed E-state index contributed by atoms with van der Waals surface area (Å²) in [4.78, 5) is 19.2. The minimum Gasteiger partial charge on any atom is -0.339 e. The Morgan fingerprint density at radius 1 is 0.370 bits per heavy atom. The Hall–Kier alpha value is -9.69. The monoisotopic (exact) mass is 1610 g/mol. The predicted molar refractivity (Wildman–Crippen MR) is 466 cm³/mol. The molecule has 0 spiro atoms. The molecule has 1 aliphatic rings. The van der Waals surface area contributed by atoms with Crippen molar-refractivity contribution in [3.8, 4) is 10.6 Å². The number of hydrogen-bond acceptors (Lipinski definition) is 5.